The molecule has 0 unspecified atom stereocenters. The van der Waals surface area contributed by atoms with Crippen LogP contribution in [-0.4, -0.2) is 4.98 Å². The lowest BCUT2D eigenvalue weighted by molar-refractivity contribution is 1.13. The molecule has 2 nitrogen and oxygen atoms in total. The second kappa shape index (κ2) is 4.44. The first-order chi connectivity index (χ1) is 7.58. The molecule has 2 rings (SSSR count). The van der Waals surface area contributed by atoms with Crippen molar-refractivity contribution in [2.45, 2.75) is 20.3 Å². The third kappa shape index (κ3) is 2.20. The van der Waals surface area contributed by atoms with Gasteiger partial charge in [-0.3, -0.25) is 0 Å². The molecule has 2 aromatic rings. The molecular formula is C12H13ClN2S. The number of nitrogens with two attached hydrogens (primary N) is 1. The summed E-state index contributed by atoms with van der Waals surface area (Å²) in [5.74, 6) is 0. The van der Waals surface area contributed by atoms with Gasteiger partial charge in [0.25, 0.3) is 0 Å². The fourth-order valence-corrected chi connectivity index (χ4v) is 2.68. The quantitative estimate of drug-likeness (QED) is 0.887. The van der Waals surface area contributed by atoms with Crippen LogP contribution >= 0.6 is 22.9 Å². The minimum absolute atomic E-state index is 0.632. The number of nitrogens with zero attached hydrogens (tertiary/aromatic N) is 1. The number of aryl methyl sites for hydroxylation is 1. The Hall–Kier alpha value is -1.06. The number of halogens is 1. The molecule has 0 aliphatic heterocycles. The van der Waals surface area contributed by atoms with E-state index in [1.807, 2.05) is 26.0 Å². The summed E-state index contributed by atoms with van der Waals surface area (Å²) in [7, 11) is 0. The predicted octanol–water partition coefficient (Wildman–Crippen LogP) is 3.59. The summed E-state index contributed by atoms with van der Waals surface area (Å²) in [4.78, 5) is 5.43. The topological polar surface area (TPSA) is 38.9 Å². The van der Waals surface area contributed by atoms with Crippen LogP contribution in [0.15, 0.2) is 18.2 Å². The zero-order valence-electron chi connectivity index (χ0n) is 9.25. The fraction of sp³-hybridized carbons (Fsp3) is 0.250. The number of thiazole rings is 1. The van der Waals surface area contributed by atoms with Crippen molar-refractivity contribution >= 4 is 28.1 Å². The van der Waals surface area contributed by atoms with Crippen LogP contribution in [0.3, 0.4) is 0 Å². The molecule has 0 aliphatic rings. The largest absolute Gasteiger partial charge is 0.375 e. The minimum atomic E-state index is 0.632. The number of nitrogen functional groups attached to an aromatic ring is 1. The Labute approximate surface area is 104 Å². The highest BCUT2D eigenvalue weighted by Crippen LogP contribution is 2.26. The van der Waals surface area contributed by atoms with Crippen molar-refractivity contribution in [3.05, 3.63) is 44.9 Å². The number of rotatable bonds is 2. The number of hydrogen-bond donors (Lipinski definition) is 1. The lowest BCUT2D eigenvalue weighted by atomic mass is 10.0. The normalized spacial score (nSPS) is 10.7. The average molecular weight is 253 g/mol. The average Bonchev–Trinajstić information content (AvgIpc) is 2.53. The van der Waals surface area contributed by atoms with Gasteiger partial charge in [-0.1, -0.05) is 23.7 Å². The van der Waals surface area contributed by atoms with E-state index in [0.717, 1.165) is 22.7 Å². The first kappa shape index (κ1) is 11.4. The molecule has 2 N–H and O–H groups in total. The van der Waals surface area contributed by atoms with E-state index < -0.39 is 0 Å². The second-order valence-electron chi connectivity index (χ2n) is 3.76. The Balaban J connectivity index is 2.34. The van der Waals surface area contributed by atoms with Crippen molar-refractivity contribution in [2.24, 2.45) is 0 Å². The van der Waals surface area contributed by atoms with Gasteiger partial charge in [-0.2, -0.15) is 0 Å². The monoisotopic (exact) mass is 252 g/mol. The first-order valence-corrected chi connectivity index (χ1v) is 6.23. The van der Waals surface area contributed by atoms with Crippen LogP contribution in [0, 0.1) is 13.8 Å². The van der Waals surface area contributed by atoms with Gasteiger partial charge >= 0.3 is 0 Å². The minimum Gasteiger partial charge on any atom is -0.375 e. The van der Waals surface area contributed by atoms with Gasteiger partial charge in [0.1, 0.15) is 0 Å². The van der Waals surface area contributed by atoms with Gasteiger partial charge in [0.2, 0.25) is 0 Å². The van der Waals surface area contributed by atoms with E-state index in [1.165, 1.54) is 10.4 Å². The summed E-state index contributed by atoms with van der Waals surface area (Å²) >= 11 is 7.64. The summed E-state index contributed by atoms with van der Waals surface area (Å²) in [6.07, 6.45) is 0.854. The summed E-state index contributed by atoms with van der Waals surface area (Å²) in [5.41, 5.74) is 9.07. The maximum absolute atomic E-state index is 6.09. The summed E-state index contributed by atoms with van der Waals surface area (Å²) < 4.78 is 0. The van der Waals surface area contributed by atoms with Crippen molar-refractivity contribution < 1.29 is 0 Å². The van der Waals surface area contributed by atoms with Gasteiger partial charge in [-0.15, -0.1) is 11.3 Å². The molecular weight excluding hydrogens is 240 g/mol. The molecule has 0 spiro atoms. The first-order valence-electron chi connectivity index (χ1n) is 5.03. The van der Waals surface area contributed by atoms with Crippen LogP contribution in [0.5, 0.6) is 0 Å². The van der Waals surface area contributed by atoms with Gasteiger partial charge in [0, 0.05) is 16.3 Å². The molecule has 1 aromatic carbocycles. The zero-order chi connectivity index (χ0) is 11.7. The van der Waals surface area contributed by atoms with Crippen molar-refractivity contribution in [1.29, 1.82) is 0 Å². The van der Waals surface area contributed by atoms with Crippen molar-refractivity contribution in [3.63, 3.8) is 0 Å². The van der Waals surface area contributed by atoms with E-state index in [-0.39, 0.29) is 0 Å². The van der Waals surface area contributed by atoms with Crippen LogP contribution in [0.2, 0.25) is 5.02 Å². The van der Waals surface area contributed by atoms with Gasteiger partial charge in [-0.25, -0.2) is 4.98 Å². The van der Waals surface area contributed by atoms with Crippen molar-refractivity contribution in [1.82, 2.24) is 4.98 Å². The standard InChI is InChI=1S/C12H13ClN2S/c1-7-9(4-3-5-10(7)13)6-11-8(2)15-12(14)16-11/h3-5H,6H2,1-2H3,(H2,14,15). The molecule has 0 bridgehead atoms. The summed E-state index contributed by atoms with van der Waals surface area (Å²) in [6.45, 7) is 4.03. The molecule has 1 heterocycles. The maximum atomic E-state index is 6.09. The van der Waals surface area contributed by atoms with E-state index in [4.69, 9.17) is 17.3 Å². The number of benzene rings is 1. The van der Waals surface area contributed by atoms with Crippen LogP contribution in [0.1, 0.15) is 21.7 Å². The van der Waals surface area contributed by atoms with E-state index in [1.54, 1.807) is 11.3 Å². The summed E-state index contributed by atoms with van der Waals surface area (Å²) in [6, 6.07) is 5.98. The van der Waals surface area contributed by atoms with Gasteiger partial charge in [-0.05, 0) is 31.0 Å². The molecule has 0 amide bonds. The maximum Gasteiger partial charge on any atom is 0.180 e. The molecule has 0 saturated carbocycles. The van der Waals surface area contributed by atoms with E-state index in [9.17, 15) is 0 Å². The van der Waals surface area contributed by atoms with Crippen molar-refractivity contribution in [2.75, 3.05) is 5.73 Å². The molecule has 0 saturated heterocycles. The Bertz CT molecular complexity index is 520. The SMILES string of the molecule is Cc1nc(N)sc1Cc1cccc(Cl)c1C. The Morgan fingerprint density at radius 2 is 2.12 bits per heavy atom. The molecule has 84 valence electrons. The number of hydrogen-bond acceptors (Lipinski definition) is 3. The fourth-order valence-electron chi connectivity index (χ4n) is 1.63. The molecule has 16 heavy (non-hydrogen) atoms. The highest BCUT2D eigenvalue weighted by molar-refractivity contribution is 7.15. The molecule has 1 aromatic heterocycles. The summed E-state index contributed by atoms with van der Waals surface area (Å²) in [5, 5.41) is 1.44. The van der Waals surface area contributed by atoms with Gasteiger partial charge < -0.3 is 5.73 Å². The third-order valence-electron chi connectivity index (χ3n) is 2.64. The van der Waals surface area contributed by atoms with Crippen LogP contribution in [0.4, 0.5) is 5.13 Å². The predicted molar refractivity (Wildman–Crippen MR) is 70.3 cm³/mol. The van der Waals surface area contributed by atoms with E-state index in [0.29, 0.717) is 5.13 Å². The number of anilines is 1. The second-order valence-corrected chi connectivity index (χ2v) is 5.28. The molecule has 0 radical (unpaired) electrons. The Morgan fingerprint density at radius 1 is 1.38 bits per heavy atom. The van der Waals surface area contributed by atoms with Crippen LogP contribution in [0.25, 0.3) is 0 Å². The third-order valence-corrected chi connectivity index (χ3v) is 4.04. The van der Waals surface area contributed by atoms with Gasteiger partial charge in [0.05, 0.1) is 5.69 Å². The Morgan fingerprint density at radius 3 is 2.75 bits per heavy atom. The molecule has 0 aliphatic carbocycles. The van der Waals surface area contributed by atoms with Crippen LogP contribution < -0.4 is 5.73 Å². The lowest BCUT2D eigenvalue weighted by Crippen LogP contribution is -1.92. The van der Waals surface area contributed by atoms with Crippen LogP contribution in [-0.2, 0) is 6.42 Å². The lowest BCUT2D eigenvalue weighted by Gasteiger charge is -2.06. The van der Waals surface area contributed by atoms with E-state index >= 15 is 0 Å². The van der Waals surface area contributed by atoms with Crippen molar-refractivity contribution in [3.8, 4) is 0 Å². The smallest absolute Gasteiger partial charge is 0.180 e. The zero-order valence-corrected chi connectivity index (χ0v) is 10.8. The molecule has 0 fully saturated rings. The van der Waals surface area contributed by atoms with E-state index in [2.05, 4.69) is 11.1 Å². The highest BCUT2D eigenvalue weighted by Gasteiger charge is 2.09. The molecule has 0 atom stereocenters. The highest BCUT2D eigenvalue weighted by atomic mass is 35.5. The molecule has 4 heteroatoms. The number of aromatic nitrogens is 1. The Kier molecular flexibility index (Phi) is 3.17. The van der Waals surface area contributed by atoms with Gasteiger partial charge in [0.15, 0.2) is 5.13 Å².